The summed E-state index contributed by atoms with van der Waals surface area (Å²) in [5.41, 5.74) is 1.03. The molecule has 0 heterocycles. The third kappa shape index (κ3) is 2.40. The molecule has 0 saturated heterocycles. The molecule has 7 heavy (non-hydrogen) atoms. The Morgan fingerprint density at radius 3 is 2.14 bits per heavy atom. The van der Waals surface area contributed by atoms with E-state index in [1.165, 1.54) is 0 Å². The van der Waals surface area contributed by atoms with Crippen LogP contribution in [0.1, 0.15) is 20.8 Å². The number of allylic oxidation sites excluding steroid dienone is 1. The molecule has 0 aromatic rings. The van der Waals surface area contributed by atoms with E-state index in [2.05, 4.69) is 0 Å². The van der Waals surface area contributed by atoms with Gasteiger partial charge in [0.15, 0.2) is 0 Å². The minimum Gasteiger partial charge on any atom is -0.389 e. The summed E-state index contributed by atoms with van der Waals surface area (Å²) in [6.45, 7) is 5.59. The lowest BCUT2D eigenvalue weighted by molar-refractivity contribution is 0.231. The molecule has 0 aliphatic carbocycles. The Morgan fingerprint density at radius 2 is 2.14 bits per heavy atom. The highest BCUT2D eigenvalue weighted by atomic mass is 16.3. The molecule has 0 amide bonds. The van der Waals surface area contributed by atoms with E-state index in [9.17, 15) is 0 Å². The van der Waals surface area contributed by atoms with Crippen molar-refractivity contribution in [2.24, 2.45) is 0 Å². The molecule has 0 saturated carbocycles. The van der Waals surface area contributed by atoms with Gasteiger partial charge in [-0.2, -0.15) is 0 Å². The summed E-state index contributed by atoms with van der Waals surface area (Å²) in [7, 11) is 0. The molecule has 0 aromatic heterocycles. The van der Waals surface area contributed by atoms with Crippen LogP contribution in [-0.4, -0.2) is 11.2 Å². The number of hydrogen-bond donors (Lipinski definition) is 1. The summed E-state index contributed by atoms with van der Waals surface area (Å²) in [6.07, 6.45) is 1.63. The SMILES string of the molecule is C/C=C(\C)C(C)O. The van der Waals surface area contributed by atoms with Gasteiger partial charge < -0.3 is 5.11 Å². The van der Waals surface area contributed by atoms with Crippen molar-refractivity contribution in [3.63, 3.8) is 0 Å². The zero-order valence-corrected chi connectivity index (χ0v) is 5.10. The van der Waals surface area contributed by atoms with Crippen molar-refractivity contribution in [2.75, 3.05) is 0 Å². The number of hydrogen-bond acceptors (Lipinski definition) is 1. The van der Waals surface area contributed by atoms with Crippen LogP contribution in [0, 0.1) is 0 Å². The highest BCUT2D eigenvalue weighted by Gasteiger charge is 1.92. The number of aliphatic hydroxyl groups excluding tert-OH is 1. The molecule has 0 bridgehead atoms. The predicted molar refractivity (Wildman–Crippen MR) is 31.1 cm³/mol. The molecule has 0 aliphatic rings. The zero-order valence-electron chi connectivity index (χ0n) is 5.10. The summed E-state index contributed by atoms with van der Waals surface area (Å²) >= 11 is 0. The van der Waals surface area contributed by atoms with Gasteiger partial charge in [0.05, 0.1) is 6.10 Å². The van der Waals surface area contributed by atoms with Crippen LogP contribution >= 0.6 is 0 Å². The van der Waals surface area contributed by atoms with Gasteiger partial charge in [-0.1, -0.05) is 6.08 Å². The maximum absolute atomic E-state index is 8.75. The number of rotatable bonds is 1. The topological polar surface area (TPSA) is 20.2 Å². The van der Waals surface area contributed by atoms with Crippen LogP contribution in [0.5, 0.6) is 0 Å². The fourth-order valence-corrected chi connectivity index (χ4v) is 0.241. The first-order valence-corrected chi connectivity index (χ1v) is 2.49. The van der Waals surface area contributed by atoms with Crippen LogP contribution in [0.3, 0.4) is 0 Å². The summed E-state index contributed by atoms with van der Waals surface area (Å²) in [5.74, 6) is 0. The van der Waals surface area contributed by atoms with Crippen molar-refractivity contribution in [2.45, 2.75) is 26.9 Å². The second-order valence-corrected chi connectivity index (χ2v) is 1.71. The Morgan fingerprint density at radius 1 is 1.71 bits per heavy atom. The highest BCUT2D eigenvalue weighted by molar-refractivity contribution is 5.00. The van der Waals surface area contributed by atoms with Crippen molar-refractivity contribution < 1.29 is 5.11 Å². The maximum atomic E-state index is 8.75. The molecule has 0 fully saturated rings. The van der Waals surface area contributed by atoms with E-state index in [-0.39, 0.29) is 6.10 Å². The molecule has 1 unspecified atom stereocenters. The van der Waals surface area contributed by atoms with Crippen LogP contribution in [-0.2, 0) is 0 Å². The van der Waals surface area contributed by atoms with Gasteiger partial charge in [0, 0.05) is 0 Å². The second kappa shape index (κ2) is 2.80. The first-order valence-electron chi connectivity index (χ1n) is 2.49. The van der Waals surface area contributed by atoms with Crippen LogP contribution < -0.4 is 0 Å². The van der Waals surface area contributed by atoms with E-state index in [4.69, 9.17) is 5.11 Å². The summed E-state index contributed by atoms with van der Waals surface area (Å²) in [6, 6.07) is 0. The quantitative estimate of drug-likeness (QED) is 0.493. The Kier molecular flexibility index (Phi) is 2.68. The molecule has 1 nitrogen and oxygen atoms in total. The molecule has 0 aliphatic heterocycles. The Labute approximate surface area is 44.7 Å². The van der Waals surface area contributed by atoms with Crippen molar-refractivity contribution in [1.82, 2.24) is 0 Å². The lowest BCUT2D eigenvalue weighted by Gasteiger charge is -1.99. The van der Waals surface area contributed by atoms with E-state index < -0.39 is 0 Å². The molecule has 1 N–H and O–H groups in total. The zero-order chi connectivity index (χ0) is 5.86. The van der Waals surface area contributed by atoms with Crippen molar-refractivity contribution in [3.8, 4) is 0 Å². The Bertz CT molecular complexity index is 72.2. The molecule has 42 valence electrons. The molecule has 0 rings (SSSR count). The first-order chi connectivity index (χ1) is 3.18. The lowest BCUT2D eigenvalue weighted by atomic mass is 10.2. The Balaban J connectivity index is 3.56. The van der Waals surface area contributed by atoms with Crippen LogP contribution in [0.2, 0.25) is 0 Å². The predicted octanol–water partition coefficient (Wildman–Crippen LogP) is 1.33. The smallest absolute Gasteiger partial charge is 0.0719 e. The minimum absolute atomic E-state index is 0.273. The molecule has 1 heteroatoms. The van der Waals surface area contributed by atoms with E-state index in [0.29, 0.717) is 0 Å². The summed E-state index contributed by atoms with van der Waals surface area (Å²) < 4.78 is 0. The van der Waals surface area contributed by atoms with Crippen LogP contribution in [0.25, 0.3) is 0 Å². The highest BCUT2D eigenvalue weighted by Crippen LogP contribution is 1.96. The maximum Gasteiger partial charge on any atom is 0.0719 e. The number of aliphatic hydroxyl groups is 1. The minimum atomic E-state index is -0.273. The van der Waals surface area contributed by atoms with E-state index in [1.54, 1.807) is 6.92 Å². The first kappa shape index (κ1) is 6.70. The van der Waals surface area contributed by atoms with E-state index in [0.717, 1.165) is 5.57 Å². The van der Waals surface area contributed by atoms with Gasteiger partial charge in [0.2, 0.25) is 0 Å². The van der Waals surface area contributed by atoms with Crippen LogP contribution in [0.4, 0.5) is 0 Å². The fraction of sp³-hybridized carbons (Fsp3) is 0.667. The van der Waals surface area contributed by atoms with Gasteiger partial charge in [0.1, 0.15) is 0 Å². The Hall–Kier alpha value is -0.300. The van der Waals surface area contributed by atoms with Gasteiger partial charge >= 0.3 is 0 Å². The molecule has 0 aromatic carbocycles. The summed E-state index contributed by atoms with van der Waals surface area (Å²) in [5, 5.41) is 8.75. The lowest BCUT2D eigenvalue weighted by Crippen LogP contribution is -1.99. The normalized spacial score (nSPS) is 16.9. The van der Waals surface area contributed by atoms with E-state index >= 15 is 0 Å². The molecular weight excluding hydrogens is 88.1 g/mol. The second-order valence-electron chi connectivity index (χ2n) is 1.71. The van der Waals surface area contributed by atoms with Gasteiger partial charge in [-0.15, -0.1) is 0 Å². The van der Waals surface area contributed by atoms with Gasteiger partial charge in [-0.3, -0.25) is 0 Å². The fourth-order valence-electron chi connectivity index (χ4n) is 0.241. The average molecular weight is 100 g/mol. The van der Waals surface area contributed by atoms with Gasteiger partial charge in [-0.25, -0.2) is 0 Å². The van der Waals surface area contributed by atoms with Crippen molar-refractivity contribution in [3.05, 3.63) is 11.6 Å². The monoisotopic (exact) mass is 100 g/mol. The van der Waals surface area contributed by atoms with Gasteiger partial charge in [0.25, 0.3) is 0 Å². The molecule has 0 spiro atoms. The molecular formula is C6H12O. The summed E-state index contributed by atoms with van der Waals surface area (Å²) in [4.78, 5) is 0. The standard InChI is InChI=1S/C6H12O/c1-4-5(2)6(3)7/h4,6-7H,1-3H3/b5-4+. The van der Waals surface area contributed by atoms with Crippen molar-refractivity contribution >= 4 is 0 Å². The van der Waals surface area contributed by atoms with Gasteiger partial charge in [-0.05, 0) is 26.3 Å². The third-order valence-electron chi connectivity index (χ3n) is 1.11. The molecule has 1 atom stereocenters. The van der Waals surface area contributed by atoms with E-state index in [1.807, 2.05) is 19.9 Å². The third-order valence-corrected chi connectivity index (χ3v) is 1.11. The van der Waals surface area contributed by atoms with Crippen LogP contribution in [0.15, 0.2) is 11.6 Å². The largest absolute Gasteiger partial charge is 0.389 e. The molecule has 0 radical (unpaired) electrons. The average Bonchev–Trinajstić information content (AvgIpc) is 1.65. The van der Waals surface area contributed by atoms with Crippen molar-refractivity contribution in [1.29, 1.82) is 0 Å².